The molecule has 0 saturated heterocycles. The van der Waals surface area contributed by atoms with Gasteiger partial charge in [0.05, 0.1) is 5.56 Å². The number of rotatable bonds is 0. The summed E-state index contributed by atoms with van der Waals surface area (Å²) in [6.07, 6.45) is 0.220. The number of fused-ring (bicyclic) bond motifs is 1. The van der Waals surface area contributed by atoms with Gasteiger partial charge in [-0.15, -0.1) is 0 Å². The Labute approximate surface area is 69.6 Å². The molecule has 0 aromatic carbocycles. The van der Waals surface area contributed by atoms with Crippen molar-refractivity contribution in [2.75, 3.05) is 0 Å². The van der Waals surface area contributed by atoms with E-state index in [4.69, 9.17) is 13.0 Å². The largest absolute Gasteiger partial charge is 0.428 e. The number of cyclic esters (lactones) is 1. The summed E-state index contributed by atoms with van der Waals surface area (Å²) in [5, 5.41) is 9.15. The van der Waals surface area contributed by atoms with Crippen LogP contribution in [0.3, 0.4) is 0 Å². The van der Waals surface area contributed by atoms with E-state index in [1.807, 2.05) is 0 Å². The average Bonchev–Trinajstić information content (AvgIpc) is 2.29. The van der Waals surface area contributed by atoms with Crippen LogP contribution in [0.4, 0.5) is 0 Å². The van der Waals surface area contributed by atoms with Gasteiger partial charge < -0.3 is 9.84 Å². The van der Waals surface area contributed by atoms with E-state index in [1.165, 1.54) is 12.3 Å². The van der Waals surface area contributed by atoms with Crippen molar-refractivity contribution in [2.45, 2.75) is 6.29 Å². The standard InChI is InChI=1S/C7H4BNO3/c8-5-4-3(1-2-9-5)6(10)12-7(4)11/h1-2,6,10H. The predicted molar refractivity (Wildman–Crippen MR) is 40.0 cm³/mol. The van der Waals surface area contributed by atoms with Crippen molar-refractivity contribution in [3.05, 3.63) is 23.4 Å². The first kappa shape index (κ1) is 7.30. The van der Waals surface area contributed by atoms with Crippen LogP contribution in [0.15, 0.2) is 12.3 Å². The second-order valence-electron chi connectivity index (χ2n) is 2.42. The van der Waals surface area contributed by atoms with Crippen LogP contribution in [-0.2, 0) is 4.74 Å². The average molecular weight is 161 g/mol. The molecule has 12 heavy (non-hydrogen) atoms. The van der Waals surface area contributed by atoms with Gasteiger partial charge in [-0.1, -0.05) is 0 Å². The molecule has 0 bridgehead atoms. The normalized spacial score (nSPS) is 20.4. The van der Waals surface area contributed by atoms with Gasteiger partial charge in [-0.25, -0.2) is 4.79 Å². The van der Waals surface area contributed by atoms with Crippen molar-refractivity contribution in [1.29, 1.82) is 0 Å². The lowest BCUT2D eigenvalue weighted by Gasteiger charge is -1.99. The van der Waals surface area contributed by atoms with Gasteiger partial charge in [0.1, 0.15) is 7.85 Å². The molecule has 1 unspecified atom stereocenters. The van der Waals surface area contributed by atoms with E-state index in [2.05, 4.69) is 9.72 Å². The van der Waals surface area contributed by atoms with Crippen molar-refractivity contribution < 1.29 is 14.6 Å². The lowest BCUT2D eigenvalue weighted by molar-refractivity contribution is -0.0547. The van der Waals surface area contributed by atoms with E-state index < -0.39 is 12.3 Å². The van der Waals surface area contributed by atoms with Crippen LogP contribution >= 0.6 is 0 Å². The molecule has 1 N–H and O–H groups in total. The van der Waals surface area contributed by atoms with Crippen molar-refractivity contribution in [3.63, 3.8) is 0 Å². The summed E-state index contributed by atoms with van der Waals surface area (Å²) in [4.78, 5) is 14.7. The van der Waals surface area contributed by atoms with Gasteiger partial charge in [0.2, 0.25) is 6.29 Å². The highest BCUT2D eigenvalue weighted by molar-refractivity contribution is 6.35. The number of aliphatic hydroxyl groups excluding tert-OH is 1. The van der Waals surface area contributed by atoms with Crippen LogP contribution in [0, 0.1) is 0 Å². The van der Waals surface area contributed by atoms with Crippen molar-refractivity contribution in [2.24, 2.45) is 0 Å². The van der Waals surface area contributed by atoms with E-state index in [0.717, 1.165) is 0 Å². The van der Waals surface area contributed by atoms with E-state index in [-0.39, 0.29) is 11.2 Å². The number of ether oxygens (including phenoxy) is 1. The number of carbonyl (C=O) groups excluding carboxylic acids is 1. The highest BCUT2D eigenvalue weighted by Crippen LogP contribution is 2.25. The summed E-state index contributed by atoms with van der Waals surface area (Å²) in [5.41, 5.74) is 0.645. The molecule has 0 amide bonds. The van der Waals surface area contributed by atoms with Crippen molar-refractivity contribution in [3.8, 4) is 0 Å². The molecule has 1 aromatic heterocycles. The third-order valence-electron chi connectivity index (χ3n) is 1.70. The molecule has 0 aliphatic carbocycles. The van der Waals surface area contributed by atoms with Crippen LogP contribution in [0.1, 0.15) is 22.2 Å². The summed E-state index contributed by atoms with van der Waals surface area (Å²) >= 11 is 0. The lowest BCUT2D eigenvalue weighted by atomic mass is 9.95. The molecule has 2 rings (SSSR count). The van der Waals surface area contributed by atoms with E-state index in [0.29, 0.717) is 5.56 Å². The maximum absolute atomic E-state index is 11.0. The molecule has 2 heterocycles. The van der Waals surface area contributed by atoms with Crippen LogP contribution in [0.2, 0.25) is 0 Å². The lowest BCUT2D eigenvalue weighted by Crippen LogP contribution is -2.17. The van der Waals surface area contributed by atoms with Crippen molar-refractivity contribution in [1.82, 2.24) is 4.98 Å². The molecule has 1 atom stereocenters. The van der Waals surface area contributed by atoms with Crippen LogP contribution < -0.4 is 5.59 Å². The van der Waals surface area contributed by atoms with Gasteiger partial charge in [0.25, 0.3) is 0 Å². The number of carbonyl (C=O) groups is 1. The highest BCUT2D eigenvalue weighted by atomic mass is 16.6. The topological polar surface area (TPSA) is 59.4 Å². The zero-order chi connectivity index (χ0) is 8.72. The number of aromatic nitrogens is 1. The number of hydrogen-bond acceptors (Lipinski definition) is 4. The maximum atomic E-state index is 11.0. The molecule has 0 saturated carbocycles. The predicted octanol–water partition coefficient (Wildman–Crippen LogP) is -0.963. The molecule has 0 spiro atoms. The number of nitrogens with zero attached hydrogens (tertiary/aromatic N) is 1. The first-order valence-corrected chi connectivity index (χ1v) is 3.33. The molecule has 1 aliphatic heterocycles. The summed E-state index contributed by atoms with van der Waals surface area (Å²) in [6, 6.07) is 1.50. The molecule has 1 aromatic rings. The Balaban J connectivity index is 2.67. The van der Waals surface area contributed by atoms with Gasteiger partial charge in [-0.05, 0) is 6.07 Å². The van der Waals surface area contributed by atoms with Gasteiger partial charge in [-0.2, -0.15) is 0 Å². The number of esters is 1. The third kappa shape index (κ3) is 0.832. The fourth-order valence-electron chi connectivity index (χ4n) is 1.15. The Hall–Kier alpha value is -1.36. The van der Waals surface area contributed by atoms with Gasteiger partial charge in [-0.3, -0.25) is 4.98 Å². The van der Waals surface area contributed by atoms with Crippen LogP contribution in [0.25, 0.3) is 0 Å². The molecule has 1 aliphatic rings. The van der Waals surface area contributed by atoms with Crippen LogP contribution in [-0.4, -0.2) is 23.9 Å². The summed E-state index contributed by atoms with van der Waals surface area (Å²) in [5.74, 6) is -0.622. The van der Waals surface area contributed by atoms with Gasteiger partial charge >= 0.3 is 5.97 Å². The minimum Gasteiger partial charge on any atom is -0.428 e. The Kier molecular flexibility index (Phi) is 1.41. The molecular formula is C7H4BNO3. The van der Waals surface area contributed by atoms with Gasteiger partial charge in [0, 0.05) is 17.4 Å². The van der Waals surface area contributed by atoms with E-state index in [9.17, 15) is 4.79 Å². The highest BCUT2D eigenvalue weighted by Gasteiger charge is 2.30. The fraction of sp³-hybridized carbons (Fsp3) is 0.143. The first-order chi connectivity index (χ1) is 5.70. The zero-order valence-corrected chi connectivity index (χ0v) is 6.02. The van der Waals surface area contributed by atoms with E-state index >= 15 is 0 Å². The number of pyridine rings is 1. The quantitative estimate of drug-likeness (QED) is 0.393. The molecular weight excluding hydrogens is 157 g/mol. The molecule has 58 valence electrons. The van der Waals surface area contributed by atoms with E-state index in [1.54, 1.807) is 0 Å². The third-order valence-corrected chi connectivity index (χ3v) is 1.70. The smallest absolute Gasteiger partial charge is 0.342 e. The molecule has 4 nitrogen and oxygen atoms in total. The minimum atomic E-state index is -1.20. The van der Waals surface area contributed by atoms with Crippen LogP contribution in [0.5, 0.6) is 0 Å². The zero-order valence-electron chi connectivity index (χ0n) is 6.02. The van der Waals surface area contributed by atoms with Gasteiger partial charge in [0.15, 0.2) is 0 Å². The second kappa shape index (κ2) is 2.32. The maximum Gasteiger partial charge on any atom is 0.342 e. The summed E-state index contributed by atoms with van der Waals surface area (Å²) in [6.45, 7) is 0. The molecule has 5 heteroatoms. The Morgan fingerprint density at radius 3 is 3.08 bits per heavy atom. The Morgan fingerprint density at radius 2 is 2.42 bits per heavy atom. The summed E-state index contributed by atoms with van der Waals surface area (Å²) < 4.78 is 4.51. The minimum absolute atomic E-state index is 0.0917. The molecule has 0 fully saturated rings. The first-order valence-electron chi connectivity index (χ1n) is 3.33. The number of aliphatic hydroxyl groups is 1. The summed E-state index contributed by atoms with van der Waals surface area (Å²) in [7, 11) is 5.40. The monoisotopic (exact) mass is 161 g/mol. The second-order valence-corrected chi connectivity index (χ2v) is 2.42. The number of hydrogen-bond donors (Lipinski definition) is 1. The SMILES string of the molecule is [B]c1nccc2c1C(=O)OC2O. The fourth-order valence-corrected chi connectivity index (χ4v) is 1.15. The Bertz CT molecular complexity index is 353. The Morgan fingerprint density at radius 1 is 1.67 bits per heavy atom. The molecule has 2 radical (unpaired) electrons. The van der Waals surface area contributed by atoms with Crippen molar-refractivity contribution >= 4 is 19.4 Å².